The van der Waals surface area contributed by atoms with Crippen LogP contribution < -0.4 is 11.1 Å². The van der Waals surface area contributed by atoms with Crippen LogP contribution in [0.1, 0.15) is 18.7 Å². The molecule has 0 aromatic carbocycles. The number of nitrogens with two attached hydrogens (primary N) is 1. The maximum Gasteiger partial charge on any atom is 0.239 e. The quantitative estimate of drug-likeness (QED) is 0.882. The van der Waals surface area contributed by atoms with E-state index in [1.54, 1.807) is 12.4 Å². The average Bonchev–Trinajstić information content (AvgIpc) is 2.87. The van der Waals surface area contributed by atoms with E-state index in [1.165, 1.54) is 4.68 Å². The van der Waals surface area contributed by atoms with Crippen molar-refractivity contribution in [2.24, 2.45) is 5.73 Å². The molecule has 0 radical (unpaired) electrons. The molecule has 2 aromatic rings. The van der Waals surface area contributed by atoms with Crippen molar-refractivity contribution in [1.29, 1.82) is 0 Å². The predicted octanol–water partition coefficient (Wildman–Crippen LogP) is 1.90. The van der Waals surface area contributed by atoms with Gasteiger partial charge in [-0.25, -0.2) is 0 Å². The summed E-state index contributed by atoms with van der Waals surface area (Å²) in [6, 6.07) is 3.72. The molecule has 0 spiro atoms. The van der Waals surface area contributed by atoms with Crippen LogP contribution >= 0.6 is 15.9 Å². The summed E-state index contributed by atoms with van der Waals surface area (Å²) in [4.78, 5) is 10.7. The number of furan rings is 1. The van der Waals surface area contributed by atoms with Crippen molar-refractivity contribution in [2.75, 3.05) is 5.32 Å². The Bertz CT molecular complexity index is 549. The number of nitrogens with one attached hydrogen (secondary N) is 1. The minimum Gasteiger partial charge on any atom is -0.452 e. The Morgan fingerprint density at radius 2 is 2.44 bits per heavy atom. The van der Waals surface area contributed by atoms with Crippen LogP contribution in [0.25, 0.3) is 0 Å². The van der Waals surface area contributed by atoms with Crippen molar-refractivity contribution < 1.29 is 9.21 Å². The van der Waals surface area contributed by atoms with Crippen molar-refractivity contribution in [1.82, 2.24) is 9.78 Å². The van der Waals surface area contributed by atoms with E-state index < -0.39 is 5.91 Å². The highest BCUT2D eigenvalue weighted by Gasteiger charge is 2.10. The first-order valence-electron chi connectivity index (χ1n) is 5.37. The highest BCUT2D eigenvalue weighted by atomic mass is 79.9. The maximum absolute atomic E-state index is 10.7. The van der Waals surface area contributed by atoms with Crippen LogP contribution in [0.4, 0.5) is 5.69 Å². The minimum absolute atomic E-state index is 0.00234. The lowest BCUT2D eigenvalue weighted by Crippen LogP contribution is -2.18. The van der Waals surface area contributed by atoms with Gasteiger partial charge >= 0.3 is 0 Å². The Labute approximate surface area is 112 Å². The van der Waals surface area contributed by atoms with Gasteiger partial charge in [-0.3, -0.25) is 9.48 Å². The molecule has 1 atom stereocenters. The van der Waals surface area contributed by atoms with Gasteiger partial charge in [0.25, 0.3) is 0 Å². The van der Waals surface area contributed by atoms with Crippen LogP contribution in [0.3, 0.4) is 0 Å². The maximum atomic E-state index is 10.7. The van der Waals surface area contributed by atoms with Gasteiger partial charge in [-0.05, 0) is 35.0 Å². The Balaban J connectivity index is 2.00. The number of primary amides is 1. The van der Waals surface area contributed by atoms with E-state index in [1.807, 2.05) is 19.1 Å². The van der Waals surface area contributed by atoms with E-state index in [2.05, 4.69) is 26.3 Å². The number of aromatic nitrogens is 2. The van der Waals surface area contributed by atoms with Crippen LogP contribution in [-0.4, -0.2) is 15.7 Å². The number of nitrogens with zero attached hydrogens (tertiary/aromatic N) is 2. The largest absolute Gasteiger partial charge is 0.452 e. The first-order valence-corrected chi connectivity index (χ1v) is 6.16. The lowest BCUT2D eigenvalue weighted by atomic mass is 10.2. The molecular weight excluding hydrogens is 300 g/mol. The number of rotatable bonds is 5. The van der Waals surface area contributed by atoms with Crippen LogP contribution in [0.2, 0.25) is 0 Å². The summed E-state index contributed by atoms with van der Waals surface area (Å²) in [5.74, 6) is 0.386. The molecule has 0 fully saturated rings. The minimum atomic E-state index is -0.423. The van der Waals surface area contributed by atoms with Crippen LogP contribution in [-0.2, 0) is 11.3 Å². The molecule has 0 saturated heterocycles. The highest BCUT2D eigenvalue weighted by Crippen LogP contribution is 2.23. The summed E-state index contributed by atoms with van der Waals surface area (Å²) in [6.07, 6.45) is 3.36. The smallest absolute Gasteiger partial charge is 0.239 e. The number of halogens is 1. The number of hydrogen-bond acceptors (Lipinski definition) is 4. The molecule has 0 aliphatic rings. The van der Waals surface area contributed by atoms with Gasteiger partial charge < -0.3 is 15.5 Å². The third-order valence-electron chi connectivity index (χ3n) is 2.36. The van der Waals surface area contributed by atoms with E-state index in [-0.39, 0.29) is 12.6 Å². The zero-order valence-corrected chi connectivity index (χ0v) is 11.3. The van der Waals surface area contributed by atoms with Gasteiger partial charge in [0.05, 0.1) is 17.9 Å². The average molecular weight is 313 g/mol. The number of carbonyl (C=O) groups excluding carboxylic acids is 1. The van der Waals surface area contributed by atoms with Gasteiger partial charge in [0.1, 0.15) is 12.3 Å². The number of carbonyl (C=O) groups is 1. The van der Waals surface area contributed by atoms with E-state index in [9.17, 15) is 4.79 Å². The van der Waals surface area contributed by atoms with Gasteiger partial charge in [0, 0.05) is 6.20 Å². The molecule has 2 aromatic heterocycles. The fraction of sp³-hybridized carbons (Fsp3) is 0.273. The molecule has 0 saturated carbocycles. The Kier molecular flexibility index (Phi) is 3.71. The fourth-order valence-electron chi connectivity index (χ4n) is 1.57. The Hall–Kier alpha value is -1.76. The monoisotopic (exact) mass is 312 g/mol. The van der Waals surface area contributed by atoms with Crippen LogP contribution in [0.5, 0.6) is 0 Å². The SMILES string of the molecule is CC(Nc1cnn(CC(N)=O)c1)c1ccc(Br)o1. The van der Waals surface area contributed by atoms with Gasteiger partial charge in [-0.1, -0.05) is 0 Å². The van der Waals surface area contributed by atoms with Gasteiger partial charge in [-0.15, -0.1) is 0 Å². The fourth-order valence-corrected chi connectivity index (χ4v) is 1.89. The molecule has 1 amide bonds. The molecule has 2 rings (SSSR count). The molecule has 0 aliphatic carbocycles. The second-order valence-electron chi connectivity index (χ2n) is 3.90. The Morgan fingerprint density at radius 1 is 1.67 bits per heavy atom. The molecule has 96 valence electrons. The molecule has 2 heterocycles. The standard InChI is InChI=1S/C11H13BrN4O2/c1-7(9-2-3-10(12)18-9)15-8-4-14-16(5-8)6-11(13)17/h2-5,7,15H,6H2,1H3,(H2,13,17). The molecule has 3 N–H and O–H groups in total. The molecule has 0 bridgehead atoms. The summed E-state index contributed by atoms with van der Waals surface area (Å²) in [5, 5.41) is 7.24. The molecule has 0 aliphatic heterocycles. The molecule has 6 nitrogen and oxygen atoms in total. The van der Waals surface area contributed by atoms with E-state index >= 15 is 0 Å². The van der Waals surface area contributed by atoms with Crippen LogP contribution in [0.15, 0.2) is 33.6 Å². The lowest BCUT2D eigenvalue weighted by molar-refractivity contribution is -0.118. The van der Waals surface area contributed by atoms with Crippen LogP contribution in [0, 0.1) is 0 Å². The second-order valence-corrected chi connectivity index (χ2v) is 4.68. The summed E-state index contributed by atoms with van der Waals surface area (Å²) in [6.45, 7) is 2.04. The molecule has 7 heteroatoms. The third kappa shape index (κ3) is 3.13. The van der Waals surface area contributed by atoms with Gasteiger partial charge in [-0.2, -0.15) is 5.10 Å². The van der Waals surface area contributed by atoms with Crippen molar-refractivity contribution in [2.45, 2.75) is 19.5 Å². The normalized spacial score (nSPS) is 12.3. The van der Waals surface area contributed by atoms with E-state index in [4.69, 9.17) is 10.2 Å². The molecule has 1 unspecified atom stereocenters. The van der Waals surface area contributed by atoms with E-state index in [0.717, 1.165) is 11.4 Å². The van der Waals surface area contributed by atoms with Crippen molar-refractivity contribution >= 4 is 27.5 Å². The third-order valence-corrected chi connectivity index (χ3v) is 2.78. The first kappa shape index (κ1) is 12.7. The summed E-state index contributed by atoms with van der Waals surface area (Å²) in [7, 11) is 0. The first-order chi connectivity index (χ1) is 8.54. The highest BCUT2D eigenvalue weighted by molar-refractivity contribution is 9.10. The van der Waals surface area contributed by atoms with Gasteiger partial charge in [0.15, 0.2) is 4.67 Å². The summed E-state index contributed by atoms with van der Waals surface area (Å²) >= 11 is 3.25. The molecule has 18 heavy (non-hydrogen) atoms. The van der Waals surface area contributed by atoms with Crippen molar-refractivity contribution in [3.05, 3.63) is 35.0 Å². The van der Waals surface area contributed by atoms with Crippen molar-refractivity contribution in [3.8, 4) is 0 Å². The van der Waals surface area contributed by atoms with Gasteiger partial charge in [0.2, 0.25) is 5.91 Å². The number of amides is 1. The second kappa shape index (κ2) is 5.26. The lowest BCUT2D eigenvalue weighted by Gasteiger charge is -2.10. The number of anilines is 1. The summed E-state index contributed by atoms with van der Waals surface area (Å²) in [5.41, 5.74) is 5.89. The zero-order valence-electron chi connectivity index (χ0n) is 9.76. The Morgan fingerprint density at radius 3 is 3.06 bits per heavy atom. The topological polar surface area (TPSA) is 86.1 Å². The number of hydrogen-bond donors (Lipinski definition) is 2. The van der Waals surface area contributed by atoms with E-state index in [0.29, 0.717) is 4.67 Å². The molecular formula is C11H13BrN4O2. The summed E-state index contributed by atoms with van der Waals surface area (Å²) < 4.78 is 7.61. The predicted molar refractivity (Wildman–Crippen MR) is 69.9 cm³/mol. The van der Waals surface area contributed by atoms with Crippen molar-refractivity contribution in [3.63, 3.8) is 0 Å². The zero-order chi connectivity index (χ0) is 13.1.